The molecular formula is C13H16F3N3O2. The highest BCUT2D eigenvalue weighted by atomic mass is 19.4. The Morgan fingerprint density at radius 3 is 2.57 bits per heavy atom. The fourth-order valence-corrected chi connectivity index (χ4v) is 2.48. The molecule has 5 nitrogen and oxygen atoms in total. The zero-order valence-corrected chi connectivity index (χ0v) is 11.4. The number of aromatic nitrogens is 1. The Morgan fingerprint density at radius 1 is 1.48 bits per heavy atom. The van der Waals surface area contributed by atoms with Crippen molar-refractivity contribution in [2.45, 2.75) is 31.5 Å². The van der Waals surface area contributed by atoms with Gasteiger partial charge in [-0.05, 0) is 18.6 Å². The van der Waals surface area contributed by atoms with Gasteiger partial charge in [-0.25, -0.2) is 4.98 Å². The third-order valence-electron chi connectivity index (χ3n) is 3.42. The van der Waals surface area contributed by atoms with Crippen LogP contribution in [0.5, 0.6) is 0 Å². The standard InChI is InChI=1S/C13H16F3N3O2/c1-2-5-12(21)6-19(7-12)11-8(10(17)20)3-4-9(18-11)13(14,15)16/h3-4,21H,2,5-7H2,1H3,(H2,17,20). The Balaban J connectivity index is 2.31. The van der Waals surface area contributed by atoms with Crippen LogP contribution in [-0.2, 0) is 6.18 Å². The van der Waals surface area contributed by atoms with E-state index in [0.29, 0.717) is 6.42 Å². The number of hydrogen-bond acceptors (Lipinski definition) is 4. The van der Waals surface area contributed by atoms with Crippen LogP contribution >= 0.6 is 0 Å². The van der Waals surface area contributed by atoms with Crippen LogP contribution in [0.25, 0.3) is 0 Å². The molecule has 116 valence electrons. The topological polar surface area (TPSA) is 79.4 Å². The number of hydrogen-bond donors (Lipinski definition) is 2. The highest BCUT2D eigenvalue weighted by Gasteiger charge is 2.43. The normalized spacial score (nSPS) is 17.5. The van der Waals surface area contributed by atoms with Crippen LogP contribution in [0.1, 0.15) is 35.8 Å². The molecule has 1 aromatic heterocycles. The van der Waals surface area contributed by atoms with Crippen molar-refractivity contribution >= 4 is 11.7 Å². The Hall–Kier alpha value is -1.83. The van der Waals surface area contributed by atoms with Gasteiger partial charge in [0.05, 0.1) is 11.2 Å². The van der Waals surface area contributed by atoms with Crippen LogP contribution < -0.4 is 10.6 Å². The van der Waals surface area contributed by atoms with Crippen molar-refractivity contribution < 1.29 is 23.1 Å². The van der Waals surface area contributed by atoms with E-state index in [4.69, 9.17) is 5.73 Å². The molecule has 0 bridgehead atoms. The zero-order chi connectivity index (χ0) is 15.8. The molecule has 8 heteroatoms. The third kappa shape index (κ3) is 3.10. The van der Waals surface area contributed by atoms with Gasteiger partial charge >= 0.3 is 6.18 Å². The summed E-state index contributed by atoms with van der Waals surface area (Å²) < 4.78 is 38.1. The first-order valence-electron chi connectivity index (χ1n) is 6.52. The van der Waals surface area contributed by atoms with Gasteiger partial charge in [-0.2, -0.15) is 13.2 Å². The van der Waals surface area contributed by atoms with Crippen LogP contribution in [0, 0.1) is 0 Å². The summed E-state index contributed by atoms with van der Waals surface area (Å²) in [4.78, 5) is 16.3. The van der Waals surface area contributed by atoms with Gasteiger partial charge in [0, 0.05) is 13.1 Å². The molecule has 0 radical (unpaired) electrons. The number of pyridine rings is 1. The number of carbonyl (C=O) groups is 1. The van der Waals surface area contributed by atoms with Crippen molar-refractivity contribution in [3.8, 4) is 0 Å². The molecule has 0 saturated carbocycles. The van der Waals surface area contributed by atoms with E-state index in [1.165, 1.54) is 4.90 Å². The Morgan fingerprint density at radius 2 is 2.10 bits per heavy atom. The number of nitrogens with zero attached hydrogens (tertiary/aromatic N) is 2. The molecule has 0 atom stereocenters. The summed E-state index contributed by atoms with van der Waals surface area (Å²) in [6.45, 7) is 2.17. The van der Waals surface area contributed by atoms with Crippen molar-refractivity contribution in [2.75, 3.05) is 18.0 Å². The zero-order valence-electron chi connectivity index (χ0n) is 11.4. The van der Waals surface area contributed by atoms with E-state index in [9.17, 15) is 23.1 Å². The molecule has 0 unspecified atom stereocenters. The number of anilines is 1. The average molecular weight is 303 g/mol. The summed E-state index contributed by atoms with van der Waals surface area (Å²) in [5, 5.41) is 10.1. The van der Waals surface area contributed by atoms with E-state index in [1.807, 2.05) is 6.92 Å². The van der Waals surface area contributed by atoms with Gasteiger partial charge in [-0.15, -0.1) is 0 Å². The monoisotopic (exact) mass is 303 g/mol. The third-order valence-corrected chi connectivity index (χ3v) is 3.42. The van der Waals surface area contributed by atoms with Crippen molar-refractivity contribution in [1.82, 2.24) is 4.98 Å². The number of primary amides is 1. The van der Waals surface area contributed by atoms with Gasteiger partial charge in [-0.3, -0.25) is 4.79 Å². The van der Waals surface area contributed by atoms with E-state index in [1.54, 1.807) is 0 Å². The Labute approximate surface area is 119 Å². The lowest BCUT2D eigenvalue weighted by molar-refractivity contribution is -0.141. The van der Waals surface area contributed by atoms with Crippen molar-refractivity contribution in [3.05, 3.63) is 23.4 Å². The number of amides is 1. The lowest BCUT2D eigenvalue weighted by Crippen LogP contribution is -2.62. The van der Waals surface area contributed by atoms with Crippen molar-refractivity contribution in [3.63, 3.8) is 0 Å². The fraction of sp³-hybridized carbons (Fsp3) is 0.538. The number of β-amino-alcohol motifs (C(OH)–C–C–N with tert-alkyl or cyclic N) is 1. The van der Waals surface area contributed by atoms with Crippen LogP contribution in [0.4, 0.5) is 19.0 Å². The summed E-state index contributed by atoms with van der Waals surface area (Å²) in [6, 6.07) is 1.74. The molecule has 2 rings (SSSR count). The number of aliphatic hydroxyl groups is 1. The highest BCUT2D eigenvalue weighted by Crippen LogP contribution is 2.35. The van der Waals surface area contributed by atoms with Crippen LogP contribution in [0.15, 0.2) is 12.1 Å². The smallest absolute Gasteiger partial charge is 0.386 e. The molecule has 1 fully saturated rings. The van der Waals surface area contributed by atoms with Crippen LogP contribution in [0.3, 0.4) is 0 Å². The van der Waals surface area contributed by atoms with Gasteiger partial charge in [0.25, 0.3) is 5.91 Å². The molecule has 21 heavy (non-hydrogen) atoms. The summed E-state index contributed by atoms with van der Waals surface area (Å²) in [7, 11) is 0. The number of rotatable bonds is 4. The van der Waals surface area contributed by atoms with Gasteiger partial charge in [0.15, 0.2) is 0 Å². The molecule has 0 aliphatic carbocycles. The summed E-state index contributed by atoms with van der Waals surface area (Å²) in [5.74, 6) is -0.977. The van der Waals surface area contributed by atoms with E-state index in [0.717, 1.165) is 18.6 Å². The maximum absolute atomic E-state index is 12.7. The lowest BCUT2D eigenvalue weighted by atomic mass is 9.89. The number of halogens is 3. The Kier molecular flexibility index (Phi) is 3.83. The molecule has 1 aromatic rings. The maximum atomic E-state index is 12.7. The molecule has 1 saturated heterocycles. The molecular weight excluding hydrogens is 287 g/mol. The number of alkyl halides is 3. The Bertz CT molecular complexity index is 554. The highest BCUT2D eigenvalue weighted by molar-refractivity contribution is 5.98. The molecule has 1 aliphatic heterocycles. The van der Waals surface area contributed by atoms with Crippen LogP contribution in [-0.4, -0.2) is 34.7 Å². The van der Waals surface area contributed by atoms with Gasteiger partial charge in [0.2, 0.25) is 0 Å². The molecule has 1 amide bonds. The second-order valence-electron chi connectivity index (χ2n) is 5.26. The summed E-state index contributed by atoms with van der Waals surface area (Å²) in [5.41, 5.74) is 3.05. The average Bonchev–Trinajstić information content (AvgIpc) is 2.34. The van der Waals surface area contributed by atoms with E-state index < -0.39 is 23.4 Å². The van der Waals surface area contributed by atoms with E-state index in [-0.39, 0.29) is 24.5 Å². The van der Waals surface area contributed by atoms with E-state index >= 15 is 0 Å². The first-order chi connectivity index (χ1) is 9.66. The first kappa shape index (κ1) is 15.6. The number of carbonyl (C=O) groups excluding carboxylic acids is 1. The lowest BCUT2D eigenvalue weighted by Gasteiger charge is -2.47. The van der Waals surface area contributed by atoms with Gasteiger partial charge in [-0.1, -0.05) is 13.3 Å². The predicted octanol–water partition coefficient (Wildman–Crippen LogP) is 1.55. The molecule has 2 heterocycles. The summed E-state index contributed by atoms with van der Waals surface area (Å²) >= 11 is 0. The predicted molar refractivity (Wildman–Crippen MR) is 69.8 cm³/mol. The maximum Gasteiger partial charge on any atom is 0.433 e. The van der Waals surface area contributed by atoms with Gasteiger partial charge in [0.1, 0.15) is 11.5 Å². The van der Waals surface area contributed by atoms with Crippen molar-refractivity contribution in [2.24, 2.45) is 5.73 Å². The quantitative estimate of drug-likeness (QED) is 0.884. The summed E-state index contributed by atoms with van der Waals surface area (Å²) in [6.07, 6.45) is -3.31. The number of nitrogens with two attached hydrogens (primary N) is 1. The van der Waals surface area contributed by atoms with Gasteiger partial charge < -0.3 is 15.7 Å². The second kappa shape index (κ2) is 5.18. The minimum Gasteiger partial charge on any atom is -0.386 e. The molecule has 0 spiro atoms. The molecule has 0 aromatic carbocycles. The molecule has 1 aliphatic rings. The van der Waals surface area contributed by atoms with Crippen LogP contribution in [0.2, 0.25) is 0 Å². The fourth-order valence-electron chi connectivity index (χ4n) is 2.48. The largest absolute Gasteiger partial charge is 0.433 e. The molecule has 3 N–H and O–H groups in total. The van der Waals surface area contributed by atoms with E-state index in [2.05, 4.69) is 4.98 Å². The SMILES string of the molecule is CCCC1(O)CN(c2nc(C(F)(F)F)ccc2C(N)=O)C1. The van der Waals surface area contributed by atoms with Crippen molar-refractivity contribution in [1.29, 1.82) is 0 Å². The first-order valence-corrected chi connectivity index (χ1v) is 6.52. The minimum atomic E-state index is -4.60. The second-order valence-corrected chi connectivity index (χ2v) is 5.26. The minimum absolute atomic E-state index is 0.0819.